The normalized spacial score (nSPS) is 25.6. The van der Waals surface area contributed by atoms with Crippen molar-refractivity contribution in [3.05, 3.63) is 34.9 Å². The fourth-order valence-electron chi connectivity index (χ4n) is 4.06. The Morgan fingerprint density at radius 2 is 1.92 bits per heavy atom. The fourth-order valence-corrected chi connectivity index (χ4v) is 4.28. The molecule has 5 nitrogen and oxygen atoms in total. The second kappa shape index (κ2) is 8.59. The molecule has 1 aromatic rings. The SMILES string of the molecule is CC(C)C(NC(=O)c1ccccc1Cl)C(=O)N1CC2CCC(N)C2C1.Cl. The first-order valence-corrected chi connectivity index (χ1v) is 9.36. The number of nitrogens with zero attached hydrogens (tertiary/aromatic N) is 1. The van der Waals surface area contributed by atoms with Crippen molar-refractivity contribution in [2.24, 2.45) is 23.5 Å². The molecule has 144 valence electrons. The largest absolute Gasteiger partial charge is 0.340 e. The maximum absolute atomic E-state index is 13.0. The van der Waals surface area contributed by atoms with E-state index in [9.17, 15) is 9.59 Å². The van der Waals surface area contributed by atoms with E-state index in [-0.39, 0.29) is 36.2 Å². The molecule has 26 heavy (non-hydrogen) atoms. The van der Waals surface area contributed by atoms with Gasteiger partial charge in [0.2, 0.25) is 5.91 Å². The lowest BCUT2D eigenvalue weighted by Gasteiger charge is -2.28. The number of hydrogen-bond donors (Lipinski definition) is 2. The van der Waals surface area contributed by atoms with Crippen LogP contribution in [0.15, 0.2) is 24.3 Å². The van der Waals surface area contributed by atoms with Gasteiger partial charge in [-0.15, -0.1) is 12.4 Å². The summed E-state index contributed by atoms with van der Waals surface area (Å²) in [4.78, 5) is 27.5. The first-order valence-electron chi connectivity index (χ1n) is 8.98. The molecule has 1 aliphatic heterocycles. The minimum Gasteiger partial charge on any atom is -0.340 e. The second-order valence-electron chi connectivity index (χ2n) is 7.58. The van der Waals surface area contributed by atoms with Gasteiger partial charge in [-0.3, -0.25) is 9.59 Å². The van der Waals surface area contributed by atoms with Crippen LogP contribution in [0.2, 0.25) is 5.02 Å². The highest BCUT2D eigenvalue weighted by molar-refractivity contribution is 6.33. The van der Waals surface area contributed by atoms with Gasteiger partial charge in [0.05, 0.1) is 10.6 Å². The Bertz CT molecular complexity index is 668. The molecule has 1 saturated heterocycles. The van der Waals surface area contributed by atoms with Gasteiger partial charge in [0.25, 0.3) is 5.91 Å². The lowest BCUT2D eigenvalue weighted by atomic mass is 9.98. The first kappa shape index (κ1) is 21.0. The van der Waals surface area contributed by atoms with Crippen molar-refractivity contribution in [2.75, 3.05) is 13.1 Å². The zero-order valence-electron chi connectivity index (χ0n) is 15.2. The van der Waals surface area contributed by atoms with Crippen molar-refractivity contribution in [3.8, 4) is 0 Å². The molecular formula is C19H27Cl2N3O2. The van der Waals surface area contributed by atoms with E-state index in [2.05, 4.69) is 5.32 Å². The van der Waals surface area contributed by atoms with Crippen LogP contribution >= 0.6 is 24.0 Å². The molecule has 3 N–H and O–H groups in total. The summed E-state index contributed by atoms with van der Waals surface area (Å²) in [6, 6.07) is 6.51. The van der Waals surface area contributed by atoms with Crippen molar-refractivity contribution in [3.63, 3.8) is 0 Å². The third kappa shape index (κ3) is 4.16. The monoisotopic (exact) mass is 399 g/mol. The van der Waals surface area contributed by atoms with Gasteiger partial charge in [0.1, 0.15) is 6.04 Å². The Labute approximate surface area is 166 Å². The molecule has 1 heterocycles. The number of likely N-dealkylation sites (tertiary alicyclic amines) is 1. The molecule has 4 unspecified atom stereocenters. The van der Waals surface area contributed by atoms with E-state index >= 15 is 0 Å². The molecule has 0 radical (unpaired) electrons. The maximum Gasteiger partial charge on any atom is 0.253 e. The van der Waals surface area contributed by atoms with Gasteiger partial charge < -0.3 is 16.0 Å². The van der Waals surface area contributed by atoms with Gasteiger partial charge >= 0.3 is 0 Å². The van der Waals surface area contributed by atoms with Gasteiger partial charge in [-0.25, -0.2) is 0 Å². The van der Waals surface area contributed by atoms with Crippen molar-refractivity contribution >= 4 is 35.8 Å². The lowest BCUT2D eigenvalue weighted by molar-refractivity contribution is -0.133. The minimum atomic E-state index is -0.557. The molecule has 2 fully saturated rings. The Morgan fingerprint density at radius 1 is 1.23 bits per heavy atom. The summed E-state index contributed by atoms with van der Waals surface area (Å²) in [6.07, 6.45) is 2.14. The van der Waals surface area contributed by atoms with Gasteiger partial charge in [0, 0.05) is 19.1 Å². The summed E-state index contributed by atoms with van der Waals surface area (Å²) >= 11 is 6.10. The number of carbonyl (C=O) groups is 2. The highest BCUT2D eigenvalue weighted by atomic mass is 35.5. The van der Waals surface area contributed by atoms with Gasteiger partial charge in [-0.1, -0.05) is 37.6 Å². The van der Waals surface area contributed by atoms with E-state index in [0.29, 0.717) is 29.0 Å². The number of fused-ring (bicyclic) bond motifs is 1. The molecule has 3 rings (SSSR count). The van der Waals surface area contributed by atoms with Crippen molar-refractivity contribution in [1.82, 2.24) is 10.2 Å². The Morgan fingerprint density at radius 3 is 2.54 bits per heavy atom. The molecular weight excluding hydrogens is 373 g/mol. The summed E-state index contributed by atoms with van der Waals surface area (Å²) in [6.45, 7) is 5.34. The lowest BCUT2D eigenvalue weighted by Crippen LogP contribution is -2.51. The molecule has 7 heteroatoms. The Hall–Kier alpha value is -1.30. The zero-order chi connectivity index (χ0) is 18.1. The number of nitrogens with two attached hydrogens (primary N) is 1. The average molecular weight is 400 g/mol. The number of carbonyl (C=O) groups excluding carboxylic acids is 2. The summed E-state index contributed by atoms with van der Waals surface area (Å²) in [5.74, 6) is 0.570. The standard InChI is InChI=1S/C19H26ClN3O2.ClH/c1-11(2)17(22-18(24)13-5-3-4-6-15(13)20)19(25)23-9-12-7-8-16(21)14(12)10-23;/h3-6,11-12,14,16-17H,7-10,21H2,1-2H3,(H,22,24);1H. The van der Waals surface area contributed by atoms with E-state index in [1.54, 1.807) is 24.3 Å². The van der Waals surface area contributed by atoms with Crippen LogP contribution in [0, 0.1) is 17.8 Å². The van der Waals surface area contributed by atoms with E-state index in [4.69, 9.17) is 17.3 Å². The summed E-state index contributed by atoms with van der Waals surface area (Å²) in [5, 5.41) is 3.27. The van der Waals surface area contributed by atoms with Crippen LogP contribution in [-0.4, -0.2) is 41.9 Å². The molecule has 2 amide bonds. The number of benzene rings is 1. The van der Waals surface area contributed by atoms with Crippen LogP contribution in [0.4, 0.5) is 0 Å². The fraction of sp³-hybridized carbons (Fsp3) is 0.579. The smallest absolute Gasteiger partial charge is 0.253 e. The van der Waals surface area contributed by atoms with E-state index in [1.807, 2.05) is 18.7 Å². The molecule has 0 bridgehead atoms. The van der Waals surface area contributed by atoms with Crippen LogP contribution in [0.1, 0.15) is 37.0 Å². The van der Waals surface area contributed by atoms with E-state index in [0.717, 1.165) is 19.4 Å². The maximum atomic E-state index is 13.0. The molecule has 1 aliphatic carbocycles. The predicted octanol–water partition coefficient (Wildman–Crippen LogP) is 2.71. The topological polar surface area (TPSA) is 75.4 Å². The number of halogens is 2. The predicted molar refractivity (Wildman–Crippen MR) is 106 cm³/mol. The Kier molecular flexibility index (Phi) is 6.94. The van der Waals surface area contributed by atoms with Crippen molar-refractivity contribution < 1.29 is 9.59 Å². The Balaban J connectivity index is 0.00000243. The van der Waals surface area contributed by atoms with Crippen LogP contribution in [0.5, 0.6) is 0 Å². The minimum absolute atomic E-state index is 0. The number of amides is 2. The molecule has 1 aromatic carbocycles. The van der Waals surface area contributed by atoms with E-state index < -0.39 is 6.04 Å². The second-order valence-corrected chi connectivity index (χ2v) is 7.99. The van der Waals surface area contributed by atoms with E-state index in [1.165, 1.54) is 0 Å². The zero-order valence-corrected chi connectivity index (χ0v) is 16.7. The van der Waals surface area contributed by atoms with Gasteiger partial charge in [-0.2, -0.15) is 0 Å². The van der Waals surface area contributed by atoms with Gasteiger partial charge in [0.15, 0.2) is 0 Å². The highest BCUT2D eigenvalue weighted by Crippen LogP contribution is 2.37. The number of hydrogen-bond acceptors (Lipinski definition) is 3. The molecule has 1 saturated carbocycles. The average Bonchev–Trinajstić information content (AvgIpc) is 3.14. The van der Waals surface area contributed by atoms with Crippen LogP contribution in [-0.2, 0) is 4.79 Å². The molecule has 0 spiro atoms. The van der Waals surface area contributed by atoms with Crippen molar-refractivity contribution in [1.29, 1.82) is 0 Å². The van der Waals surface area contributed by atoms with Crippen molar-refractivity contribution in [2.45, 2.75) is 38.8 Å². The summed E-state index contributed by atoms with van der Waals surface area (Å²) < 4.78 is 0. The number of nitrogens with one attached hydrogen (secondary N) is 1. The highest BCUT2D eigenvalue weighted by Gasteiger charge is 2.44. The summed E-state index contributed by atoms with van der Waals surface area (Å²) in [7, 11) is 0. The first-order chi connectivity index (χ1) is 11.9. The third-order valence-electron chi connectivity index (χ3n) is 5.56. The third-order valence-corrected chi connectivity index (χ3v) is 5.89. The molecule has 4 atom stereocenters. The number of rotatable bonds is 4. The van der Waals surface area contributed by atoms with Gasteiger partial charge in [-0.05, 0) is 42.7 Å². The molecule has 0 aromatic heterocycles. The molecule has 2 aliphatic rings. The summed E-state index contributed by atoms with van der Waals surface area (Å²) in [5.41, 5.74) is 6.56. The van der Waals surface area contributed by atoms with Crippen LogP contribution in [0.3, 0.4) is 0 Å². The van der Waals surface area contributed by atoms with Crippen LogP contribution in [0.25, 0.3) is 0 Å². The van der Waals surface area contributed by atoms with Crippen LogP contribution < -0.4 is 11.1 Å². The quantitative estimate of drug-likeness (QED) is 0.816.